The molecule has 1 atom stereocenters. The van der Waals surface area contributed by atoms with Crippen LogP contribution in [0.3, 0.4) is 0 Å². The predicted octanol–water partition coefficient (Wildman–Crippen LogP) is 2.00. The molecule has 7 heteroatoms. The molecular formula is C17H17N5O2. The van der Waals surface area contributed by atoms with E-state index in [1.807, 2.05) is 24.3 Å². The first-order valence-electron chi connectivity index (χ1n) is 7.67. The van der Waals surface area contributed by atoms with Crippen molar-refractivity contribution >= 4 is 17.5 Å². The molecule has 0 aliphatic carbocycles. The zero-order valence-corrected chi connectivity index (χ0v) is 13.2. The van der Waals surface area contributed by atoms with Gasteiger partial charge < -0.3 is 20.2 Å². The molecule has 0 amide bonds. The summed E-state index contributed by atoms with van der Waals surface area (Å²) in [5, 5.41) is 10.9. The summed E-state index contributed by atoms with van der Waals surface area (Å²) in [5.74, 6) is 1.25. The molecule has 0 fully saturated rings. The van der Waals surface area contributed by atoms with Crippen LogP contribution in [0.1, 0.15) is 23.9 Å². The zero-order valence-electron chi connectivity index (χ0n) is 13.2. The third kappa shape index (κ3) is 2.30. The molecule has 1 aliphatic rings. The van der Waals surface area contributed by atoms with Gasteiger partial charge in [0.25, 0.3) is 0 Å². The van der Waals surface area contributed by atoms with Gasteiger partial charge in [-0.1, -0.05) is 12.1 Å². The van der Waals surface area contributed by atoms with Crippen LogP contribution < -0.4 is 10.6 Å². The standard InChI is InChI=1S/C17H17N5O2/c1-17(23,15-19-7-9-24-15)12-3-2-11-5-8-22(13(11)10-12)14-4-6-20-16(18)21-14/h2-4,6-7,9-10,23H,5,8H2,1H3,(H2,18,20,21). The lowest BCUT2D eigenvalue weighted by Gasteiger charge is -2.23. The second kappa shape index (κ2) is 5.31. The monoisotopic (exact) mass is 323 g/mol. The number of nitrogens with zero attached hydrogens (tertiary/aromatic N) is 4. The van der Waals surface area contributed by atoms with Gasteiger partial charge in [0.05, 0.1) is 6.20 Å². The van der Waals surface area contributed by atoms with E-state index in [2.05, 4.69) is 19.9 Å². The molecule has 1 unspecified atom stereocenters. The number of oxazole rings is 1. The van der Waals surface area contributed by atoms with E-state index in [1.54, 1.807) is 13.1 Å². The van der Waals surface area contributed by atoms with Crippen LogP contribution in [-0.4, -0.2) is 26.6 Å². The molecule has 24 heavy (non-hydrogen) atoms. The number of benzene rings is 1. The summed E-state index contributed by atoms with van der Waals surface area (Å²) in [4.78, 5) is 14.4. The van der Waals surface area contributed by atoms with Gasteiger partial charge in [0.2, 0.25) is 11.8 Å². The minimum Gasteiger partial charge on any atom is -0.446 e. The molecule has 3 heterocycles. The van der Waals surface area contributed by atoms with Gasteiger partial charge in [-0.05, 0) is 36.6 Å². The molecule has 122 valence electrons. The van der Waals surface area contributed by atoms with E-state index in [9.17, 15) is 5.11 Å². The molecule has 0 bridgehead atoms. The Morgan fingerprint density at radius 3 is 2.88 bits per heavy atom. The van der Waals surface area contributed by atoms with Gasteiger partial charge in [-0.3, -0.25) is 0 Å². The van der Waals surface area contributed by atoms with E-state index in [1.165, 1.54) is 18.0 Å². The van der Waals surface area contributed by atoms with E-state index in [0.717, 1.165) is 24.5 Å². The summed E-state index contributed by atoms with van der Waals surface area (Å²) in [5.41, 5.74) is 7.29. The average molecular weight is 323 g/mol. The molecule has 1 aliphatic heterocycles. The predicted molar refractivity (Wildman–Crippen MR) is 88.8 cm³/mol. The number of fused-ring (bicyclic) bond motifs is 1. The van der Waals surface area contributed by atoms with Crippen LogP contribution in [0.5, 0.6) is 0 Å². The van der Waals surface area contributed by atoms with Crippen molar-refractivity contribution in [3.8, 4) is 0 Å². The fourth-order valence-electron chi connectivity index (χ4n) is 3.02. The molecule has 1 aromatic carbocycles. The van der Waals surface area contributed by atoms with Crippen molar-refractivity contribution in [2.75, 3.05) is 17.2 Å². The molecule has 0 saturated heterocycles. The van der Waals surface area contributed by atoms with Crippen molar-refractivity contribution in [3.63, 3.8) is 0 Å². The van der Waals surface area contributed by atoms with Crippen LogP contribution in [0.2, 0.25) is 0 Å². The highest BCUT2D eigenvalue weighted by molar-refractivity contribution is 5.69. The molecule has 0 saturated carbocycles. The number of aliphatic hydroxyl groups is 1. The second-order valence-electron chi connectivity index (χ2n) is 5.93. The van der Waals surface area contributed by atoms with Gasteiger partial charge >= 0.3 is 0 Å². The maximum absolute atomic E-state index is 10.9. The normalized spacial score (nSPS) is 16.0. The van der Waals surface area contributed by atoms with E-state index < -0.39 is 5.60 Å². The molecule has 3 aromatic rings. The third-order valence-electron chi connectivity index (χ3n) is 4.33. The van der Waals surface area contributed by atoms with Gasteiger partial charge in [-0.15, -0.1) is 0 Å². The molecule has 3 N–H and O–H groups in total. The number of aromatic nitrogens is 3. The number of anilines is 3. The summed E-state index contributed by atoms with van der Waals surface area (Å²) in [6.07, 6.45) is 5.52. The van der Waals surface area contributed by atoms with Crippen molar-refractivity contribution in [1.29, 1.82) is 0 Å². The van der Waals surface area contributed by atoms with Crippen molar-refractivity contribution in [3.05, 3.63) is 59.9 Å². The van der Waals surface area contributed by atoms with E-state index in [-0.39, 0.29) is 11.8 Å². The Bertz CT molecular complexity index is 876. The summed E-state index contributed by atoms with van der Waals surface area (Å²) < 4.78 is 5.29. The maximum Gasteiger partial charge on any atom is 0.230 e. The smallest absolute Gasteiger partial charge is 0.230 e. The van der Waals surface area contributed by atoms with Crippen LogP contribution in [0, 0.1) is 0 Å². The van der Waals surface area contributed by atoms with Crippen molar-refractivity contribution in [1.82, 2.24) is 15.0 Å². The molecular weight excluding hydrogens is 306 g/mol. The van der Waals surface area contributed by atoms with Crippen molar-refractivity contribution in [2.24, 2.45) is 0 Å². The second-order valence-corrected chi connectivity index (χ2v) is 5.93. The molecule has 7 nitrogen and oxygen atoms in total. The van der Waals surface area contributed by atoms with Gasteiger partial charge in [0.15, 0.2) is 5.60 Å². The molecule has 2 aromatic heterocycles. The number of hydrogen-bond donors (Lipinski definition) is 2. The van der Waals surface area contributed by atoms with Crippen LogP contribution >= 0.6 is 0 Å². The van der Waals surface area contributed by atoms with Crippen LogP contribution in [0.15, 0.2) is 47.3 Å². The Morgan fingerprint density at radius 1 is 1.25 bits per heavy atom. The summed E-state index contributed by atoms with van der Waals surface area (Å²) in [6, 6.07) is 7.70. The van der Waals surface area contributed by atoms with Gasteiger partial charge in [0.1, 0.15) is 12.1 Å². The highest BCUT2D eigenvalue weighted by Gasteiger charge is 2.32. The fourth-order valence-corrected chi connectivity index (χ4v) is 3.02. The lowest BCUT2D eigenvalue weighted by Crippen LogP contribution is -2.24. The number of nitrogen functional groups attached to an aromatic ring is 1. The minimum atomic E-state index is -1.31. The minimum absolute atomic E-state index is 0.240. The van der Waals surface area contributed by atoms with Crippen LogP contribution in [-0.2, 0) is 12.0 Å². The van der Waals surface area contributed by atoms with Crippen LogP contribution in [0.25, 0.3) is 0 Å². The Balaban J connectivity index is 1.76. The van der Waals surface area contributed by atoms with E-state index in [0.29, 0.717) is 5.56 Å². The number of hydrogen-bond acceptors (Lipinski definition) is 7. The maximum atomic E-state index is 10.9. The van der Waals surface area contributed by atoms with E-state index >= 15 is 0 Å². The molecule has 4 rings (SSSR count). The van der Waals surface area contributed by atoms with Crippen molar-refractivity contribution < 1.29 is 9.52 Å². The van der Waals surface area contributed by atoms with Crippen LogP contribution in [0.4, 0.5) is 17.5 Å². The first-order chi connectivity index (χ1) is 11.6. The Kier molecular flexibility index (Phi) is 3.24. The number of nitrogens with two attached hydrogens (primary N) is 1. The summed E-state index contributed by atoms with van der Waals surface area (Å²) >= 11 is 0. The zero-order chi connectivity index (χ0) is 16.7. The fraction of sp³-hybridized carbons (Fsp3) is 0.235. The van der Waals surface area contributed by atoms with Gasteiger partial charge in [-0.25, -0.2) is 9.97 Å². The quantitative estimate of drug-likeness (QED) is 0.760. The first-order valence-corrected chi connectivity index (χ1v) is 7.67. The highest BCUT2D eigenvalue weighted by atomic mass is 16.4. The first kappa shape index (κ1) is 14.6. The molecule has 0 spiro atoms. The van der Waals surface area contributed by atoms with Gasteiger partial charge in [0, 0.05) is 18.4 Å². The van der Waals surface area contributed by atoms with Crippen molar-refractivity contribution in [2.45, 2.75) is 18.9 Å². The SMILES string of the molecule is CC(O)(c1ccc2c(c1)N(c1ccnc(N)n1)CC2)c1ncco1. The Morgan fingerprint density at radius 2 is 2.12 bits per heavy atom. The Hall–Kier alpha value is -2.93. The summed E-state index contributed by atoms with van der Waals surface area (Å²) in [6.45, 7) is 2.47. The summed E-state index contributed by atoms with van der Waals surface area (Å²) in [7, 11) is 0. The Labute approximate surface area is 138 Å². The topological polar surface area (TPSA) is 101 Å². The largest absolute Gasteiger partial charge is 0.446 e. The highest BCUT2D eigenvalue weighted by Crippen LogP contribution is 2.38. The van der Waals surface area contributed by atoms with Gasteiger partial charge in [-0.2, -0.15) is 4.98 Å². The number of rotatable bonds is 3. The third-order valence-corrected chi connectivity index (χ3v) is 4.33. The van der Waals surface area contributed by atoms with E-state index in [4.69, 9.17) is 10.2 Å². The lowest BCUT2D eigenvalue weighted by atomic mass is 9.94. The lowest BCUT2D eigenvalue weighted by molar-refractivity contribution is 0.0708. The average Bonchev–Trinajstić information content (AvgIpc) is 3.24. The molecule has 0 radical (unpaired) electrons.